The normalized spacial score (nSPS) is 12.2. The number of ether oxygens (including phenoxy) is 1. The molecule has 7 heteroatoms. The average Bonchev–Trinajstić information content (AvgIpc) is 1.99. The first kappa shape index (κ1) is 18.1. The molecule has 0 radical (unpaired) electrons. The molecule has 2 N–H and O–H groups in total. The van der Waals surface area contributed by atoms with Gasteiger partial charge in [-0.25, -0.2) is 4.79 Å². The summed E-state index contributed by atoms with van der Waals surface area (Å²) >= 11 is 0. The van der Waals surface area contributed by atoms with Crippen molar-refractivity contribution >= 4 is 12.1 Å². The topological polar surface area (TPSA) is 98.7 Å². The Balaban J connectivity index is 0. The predicted molar refractivity (Wildman–Crippen MR) is 49.9 cm³/mol. The molecular weight excluding hydrogens is 225 g/mol. The Labute approximate surface area is 117 Å². The van der Waals surface area contributed by atoms with Crippen molar-refractivity contribution < 1.29 is 54.1 Å². The van der Waals surface area contributed by atoms with E-state index in [4.69, 9.17) is 9.84 Å². The molecule has 0 heterocycles. The summed E-state index contributed by atoms with van der Waals surface area (Å²) in [5.41, 5.74) is -0.695. The Morgan fingerprint density at radius 1 is 1.44 bits per heavy atom. The molecule has 0 rings (SSSR count). The van der Waals surface area contributed by atoms with E-state index < -0.39 is 23.7 Å². The molecule has 0 aromatic rings. The van der Waals surface area contributed by atoms with Crippen LogP contribution in [0.3, 0.4) is 0 Å². The van der Waals surface area contributed by atoms with Gasteiger partial charge < -0.3 is 25.1 Å². The molecule has 0 saturated heterocycles. The van der Waals surface area contributed by atoms with Gasteiger partial charge in [-0.05, 0) is 27.2 Å². The Morgan fingerprint density at radius 2 is 1.94 bits per heavy atom. The predicted octanol–water partition coefficient (Wildman–Crippen LogP) is -3.98. The second-order valence-electron chi connectivity index (χ2n) is 4.03. The number of carbonyl (C=O) groups excluding carboxylic acids is 2. The number of aliphatic hydroxyl groups is 1. The zero-order chi connectivity index (χ0) is 12.1. The van der Waals surface area contributed by atoms with E-state index in [1.54, 1.807) is 20.8 Å². The number of hydrogen-bond donors (Lipinski definition) is 2. The van der Waals surface area contributed by atoms with Gasteiger partial charge in [0, 0.05) is 6.61 Å². The van der Waals surface area contributed by atoms with E-state index in [0.717, 1.165) is 0 Å². The molecule has 6 nitrogen and oxygen atoms in total. The standard InChI is InChI=1S/C9H17NO5.Na/c1-9(2,3)15-8(14)10-6(4-5-11)7(12)13;/h6,11H,4-5H2,1-3H3,(H,10,14)(H,12,13);/q;+1/p-1/t6-;/m0./s1. The average molecular weight is 241 g/mol. The van der Waals surface area contributed by atoms with Crippen LogP contribution in [-0.2, 0) is 9.53 Å². The molecule has 0 bridgehead atoms. The van der Waals surface area contributed by atoms with Crippen molar-refractivity contribution in [1.82, 2.24) is 5.32 Å². The van der Waals surface area contributed by atoms with Gasteiger partial charge in [0.25, 0.3) is 0 Å². The van der Waals surface area contributed by atoms with Gasteiger partial charge in [0.15, 0.2) is 0 Å². The minimum absolute atomic E-state index is 0. The van der Waals surface area contributed by atoms with Crippen LogP contribution >= 0.6 is 0 Å². The van der Waals surface area contributed by atoms with E-state index in [2.05, 4.69) is 5.32 Å². The molecule has 88 valence electrons. The Hall–Kier alpha value is -0.300. The third kappa shape index (κ3) is 8.96. The van der Waals surface area contributed by atoms with Gasteiger partial charge in [-0.3, -0.25) is 0 Å². The van der Waals surface area contributed by atoms with Gasteiger partial charge in [0.05, 0.1) is 12.0 Å². The van der Waals surface area contributed by atoms with Gasteiger partial charge in [0.2, 0.25) is 0 Å². The number of rotatable bonds is 4. The minimum atomic E-state index is -1.45. The molecule has 0 fully saturated rings. The van der Waals surface area contributed by atoms with Crippen LogP contribution in [0.5, 0.6) is 0 Å². The first-order valence-electron chi connectivity index (χ1n) is 4.57. The molecule has 16 heavy (non-hydrogen) atoms. The maximum absolute atomic E-state index is 11.1. The maximum atomic E-state index is 11.1. The molecule has 0 unspecified atom stereocenters. The van der Waals surface area contributed by atoms with E-state index in [1.807, 2.05) is 0 Å². The number of nitrogens with one attached hydrogen (secondary N) is 1. The maximum Gasteiger partial charge on any atom is 1.00 e. The quantitative estimate of drug-likeness (QED) is 0.489. The first-order valence-corrected chi connectivity index (χ1v) is 4.57. The van der Waals surface area contributed by atoms with Gasteiger partial charge >= 0.3 is 35.7 Å². The summed E-state index contributed by atoms with van der Waals surface area (Å²) in [6.07, 6.45) is -0.952. The van der Waals surface area contributed by atoms with Crippen LogP contribution in [-0.4, -0.2) is 35.4 Å². The summed E-state index contributed by atoms with van der Waals surface area (Å²) in [5, 5.41) is 21.1. The molecular formula is C9H16NNaO5. The molecule has 0 spiro atoms. The molecule has 0 aromatic heterocycles. The second kappa shape index (κ2) is 7.89. The fourth-order valence-electron chi connectivity index (χ4n) is 0.828. The number of amides is 1. The Kier molecular flexibility index (Phi) is 8.91. The fourth-order valence-corrected chi connectivity index (χ4v) is 0.828. The van der Waals surface area contributed by atoms with Crippen molar-refractivity contribution in [2.24, 2.45) is 0 Å². The van der Waals surface area contributed by atoms with Crippen molar-refractivity contribution in [2.45, 2.75) is 38.8 Å². The second-order valence-corrected chi connectivity index (χ2v) is 4.03. The van der Waals surface area contributed by atoms with Crippen LogP contribution in [0.15, 0.2) is 0 Å². The zero-order valence-electron chi connectivity index (χ0n) is 10.1. The number of aliphatic carboxylic acids is 1. The van der Waals surface area contributed by atoms with E-state index in [0.29, 0.717) is 0 Å². The van der Waals surface area contributed by atoms with Crippen LogP contribution in [0.1, 0.15) is 27.2 Å². The van der Waals surface area contributed by atoms with Crippen LogP contribution in [0.25, 0.3) is 0 Å². The first-order chi connectivity index (χ1) is 6.76. The van der Waals surface area contributed by atoms with Gasteiger partial charge in [-0.1, -0.05) is 0 Å². The molecule has 0 saturated carbocycles. The summed E-state index contributed by atoms with van der Waals surface area (Å²) in [5.74, 6) is -1.45. The van der Waals surface area contributed by atoms with Gasteiger partial charge in [-0.15, -0.1) is 0 Å². The molecule has 1 amide bonds. The van der Waals surface area contributed by atoms with Crippen molar-refractivity contribution in [1.29, 1.82) is 0 Å². The Bertz CT molecular complexity index is 239. The van der Waals surface area contributed by atoms with Crippen LogP contribution in [0.4, 0.5) is 4.79 Å². The SMILES string of the molecule is CC(C)(C)OC(=O)N[C@@H](CCO)C(=O)[O-].[Na+]. The molecule has 0 aliphatic carbocycles. The van der Waals surface area contributed by atoms with Crippen LogP contribution in [0.2, 0.25) is 0 Å². The van der Waals surface area contributed by atoms with Crippen LogP contribution < -0.4 is 40.0 Å². The van der Waals surface area contributed by atoms with E-state index in [-0.39, 0.29) is 42.6 Å². The number of aliphatic hydroxyl groups excluding tert-OH is 1. The number of hydrogen-bond acceptors (Lipinski definition) is 5. The summed E-state index contributed by atoms with van der Waals surface area (Å²) in [6, 6.07) is -1.23. The number of carboxylic acids is 1. The molecule has 0 aromatic carbocycles. The van der Waals surface area contributed by atoms with Crippen molar-refractivity contribution in [3.8, 4) is 0 Å². The van der Waals surface area contributed by atoms with E-state index >= 15 is 0 Å². The summed E-state index contributed by atoms with van der Waals surface area (Å²) in [7, 11) is 0. The van der Waals surface area contributed by atoms with Gasteiger partial charge in [-0.2, -0.15) is 0 Å². The minimum Gasteiger partial charge on any atom is -0.548 e. The third-order valence-electron chi connectivity index (χ3n) is 1.39. The summed E-state index contributed by atoms with van der Waals surface area (Å²) < 4.78 is 4.84. The number of carboxylic acid groups (broad SMARTS) is 1. The van der Waals surface area contributed by atoms with Crippen molar-refractivity contribution in [3.63, 3.8) is 0 Å². The van der Waals surface area contributed by atoms with E-state index in [9.17, 15) is 14.7 Å². The third-order valence-corrected chi connectivity index (χ3v) is 1.39. The fraction of sp³-hybridized carbons (Fsp3) is 0.778. The smallest absolute Gasteiger partial charge is 0.548 e. The zero-order valence-corrected chi connectivity index (χ0v) is 12.1. The summed E-state index contributed by atoms with van der Waals surface area (Å²) in [4.78, 5) is 21.6. The van der Waals surface area contributed by atoms with Crippen molar-refractivity contribution in [2.75, 3.05) is 6.61 Å². The number of alkyl carbamates (subject to hydrolysis) is 1. The molecule has 0 aliphatic heterocycles. The van der Waals surface area contributed by atoms with E-state index in [1.165, 1.54) is 0 Å². The molecule has 1 atom stereocenters. The van der Waals surface area contributed by atoms with Gasteiger partial charge in [0.1, 0.15) is 5.60 Å². The monoisotopic (exact) mass is 241 g/mol. The number of carbonyl (C=O) groups is 2. The molecule has 0 aliphatic rings. The summed E-state index contributed by atoms with van der Waals surface area (Å²) in [6.45, 7) is 4.63. The largest absolute Gasteiger partial charge is 1.00 e. The van der Waals surface area contributed by atoms with Crippen LogP contribution in [0, 0.1) is 0 Å². The Morgan fingerprint density at radius 3 is 2.25 bits per heavy atom. The van der Waals surface area contributed by atoms with Crippen molar-refractivity contribution in [3.05, 3.63) is 0 Å².